The summed E-state index contributed by atoms with van der Waals surface area (Å²) in [5.41, 5.74) is 5.53. The molecule has 14 atom stereocenters. The minimum Gasteiger partial charge on any atom is -0.481 e. The number of fused-ring (bicyclic) bond motifs is 7. The first kappa shape index (κ1) is 73.2. The van der Waals surface area contributed by atoms with Gasteiger partial charge in [0.25, 0.3) is 0 Å². The number of carboxylic acid groups (broad SMARTS) is 5. The number of carbonyl (C=O) groups is 9. The molecule has 2 heterocycles. The maximum atomic E-state index is 13.4. The van der Waals surface area contributed by atoms with E-state index in [-0.39, 0.29) is 62.4 Å². The van der Waals surface area contributed by atoms with Crippen LogP contribution in [0.3, 0.4) is 0 Å². The second-order valence-corrected chi connectivity index (χ2v) is 31.8. The molecule has 0 radical (unpaired) electrons. The van der Waals surface area contributed by atoms with Gasteiger partial charge in [-0.15, -0.1) is 0 Å². The van der Waals surface area contributed by atoms with Crippen LogP contribution in [0.4, 0.5) is 0 Å². The van der Waals surface area contributed by atoms with Gasteiger partial charge in [-0.3, -0.25) is 28.8 Å². The number of ether oxygens (including phenoxy) is 2. The summed E-state index contributed by atoms with van der Waals surface area (Å²) < 4.78 is 9.51. The molecule has 0 aromatic heterocycles. The second kappa shape index (κ2) is 26.2. The number of allylic oxidation sites excluding steroid dienone is 10. The van der Waals surface area contributed by atoms with Crippen LogP contribution < -0.4 is 0 Å². The van der Waals surface area contributed by atoms with Crippen LogP contribution in [0.15, 0.2) is 81.5 Å². The van der Waals surface area contributed by atoms with E-state index in [1.165, 1.54) is 56.3 Å². The quantitative estimate of drug-likeness (QED) is 0.0620. The summed E-state index contributed by atoms with van der Waals surface area (Å²) >= 11 is 0. The van der Waals surface area contributed by atoms with Crippen molar-refractivity contribution < 1.29 is 83.6 Å². The number of aliphatic carboxylic acids is 5. The highest BCUT2D eigenvalue weighted by Crippen LogP contribution is 2.81. The van der Waals surface area contributed by atoms with Crippen molar-refractivity contribution in [2.24, 2.45) is 96.1 Å². The summed E-state index contributed by atoms with van der Waals surface area (Å²) in [5, 5.41) is 45.9. The van der Waals surface area contributed by atoms with Crippen LogP contribution in [0.1, 0.15) is 232 Å². The normalized spacial score (nSPS) is 38.4. The molecule has 2 bridgehead atoms. The van der Waals surface area contributed by atoms with Crippen LogP contribution in [0.5, 0.6) is 0 Å². The molecule has 1 saturated heterocycles. The minimum atomic E-state index is -1.27. The van der Waals surface area contributed by atoms with Gasteiger partial charge in [0.1, 0.15) is 0 Å². The Bertz CT molecular complexity index is 3230. The number of hydrogen-bond acceptors (Lipinski definition) is 11. The summed E-state index contributed by atoms with van der Waals surface area (Å²) in [6, 6.07) is 0. The van der Waals surface area contributed by atoms with Crippen molar-refractivity contribution in [2.45, 2.75) is 232 Å². The Kier molecular flexibility index (Phi) is 20.8. The van der Waals surface area contributed by atoms with E-state index in [2.05, 4.69) is 97.9 Å². The molecule has 92 heavy (non-hydrogen) atoms. The summed E-state index contributed by atoms with van der Waals surface area (Å²) in [6.45, 7) is 32.8. The summed E-state index contributed by atoms with van der Waals surface area (Å²) in [5.74, 6) is -4.06. The molecular formula is C75H106O17. The molecule has 11 aliphatic carbocycles. The molecule has 508 valence electrons. The van der Waals surface area contributed by atoms with Crippen molar-refractivity contribution in [3.63, 3.8) is 0 Å². The van der Waals surface area contributed by atoms with Gasteiger partial charge in [0.2, 0.25) is 0 Å². The first-order valence-corrected chi connectivity index (χ1v) is 33.8. The van der Waals surface area contributed by atoms with Crippen molar-refractivity contribution in [3.05, 3.63) is 81.5 Å². The number of rotatable bonds is 9. The average Bonchev–Trinajstić information content (AvgIpc) is 1.26. The van der Waals surface area contributed by atoms with Crippen LogP contribution in [0, 0.1) is 96.1 Å². The third-order valence-corrected chi connectivity index (χ3v) is 26.5. The van der Waals surface area contributed by atoms with E-state index in [1.807, 2.05) is 27.7 Å². The molecule has 0 aromatic carbocycles. The van der Waals surface area contributed by atoms with Crippen LogP contribution in [-0.4, -0.2) is 84.7 Å². The molecule has 0 amide bonds. The Morgan fingerprint density at radius 1 is 0.620 bits per heavy atom. The third kappa shape index (κ3) is 11.8. The Morgan fingerprint density at radius 3 is 1.68 bits per heavy atom. The number of hydrogen-bond donors (Lipinski definition) is 5. The van der Waals surface area contributed by atoms with E-state index in [4.69, 9.17) is 14.9 Å². The predicted octanol–water partition coefficient (Wildman–Crippen LogP) is 14.6. The average molecular weight is 1280 g/mol. The molecule has 13 rings (SSSR count). The Morgan fingerprint density at radius 2 is 1.17 bits per heavy atom. The molecular weight excluding hydrogens is 1170 g/mol. The number of carbonyl (C=O) groups excluding carboxylic acids is 4. The van der Waals surface area contributed by atoms with Gasteiger partial charge in [0.05, 0.1) is 34.0 Å². The van der Waals surface area contributed by atoms with Gasteiger partial charge in [0.15, 0.2) is 0 Å². The Labute approximate surface area is 544 Å². The van der Waals surface area contributed by atoms with Crippen LogP contribution in [0.25, 0.3) is 0 Å². The minimum absolute atomic E-state index is 0. The second-order valence-electron chi connectivity index (χ2n) is 31.8. The fourth-order valence-corrected chi connectivity index (χ4v) is 21.4. The van der Waals surface area contributed by atoms with E-state index < -0.39 is 81.2 Å². The lowest BCUT2D eigenvalue weighted by Gasteiger charge is -2.72. The molecule has 5 saturated carbocycles. The van der Waals surface area contributed by atoms with E-state index in [9.17, 15) is 58.5 Å². The Balaban J connectivity index is 0.000000175. The van der Waals surface area contributed by atoms with E-state index in [0.29, 0.717) is 35.7 Å². The standard InChI is InChI=1S/C25H34O5.2C20H30O2.C5H6O4.C5H4O3.H2O/c1-14(2)24-11-12-25(17-18(26)30-20(29)23(17,24)5)15(13-24)7-8-16-21(3,19(27)28)9-6-10-22(16,25)4;2*1-13(2)14-6-8-16-15(12-14)7-9-17-19(16,3)10-5-11-20(17,4)18(21)22;1-3(5(8)9)2-4(6)7;1-3-2-4(6)8-5(3)7;/h13-14,16-17H,6-12H2,1-5H3,(H,27,28);12-13,17H,5-11H2,1-4H3,(H,21,22);7,12-13,16-17H,5-6,8-11H2,1-4H3,(H,21,22);1-2H2,(H,6,7)(H,8,9);2H,1H3;1H2. The molecule has 13 aliphatic rings. The van der Waals surface area contributed by atoms with Crippen molar-refractivity contribution in [1.82, 2.24) is 0 Å². The van der Waals surface area contributed by atoms with Gasteiger partial charge in [0, 0.05) is 28.1 Å². The smallest absolute Gasteiger partial charge is 0.341 e. The lowest BCUT2D eigenvalue weighted by molar-refractivity contribution is -0.213. The van der Waals surface area contributed by atoms with Gasteiger partial charge < -0.3 is 40.5 Å². The van der Waals surface area contributed by atoms with Crippen molar-refractivity contribution in [3.8, 4) is 0 Å². The molecule has 6 fully saturated rings. The van der Waals surface area contributed by atoms with Crippen molar-refractivity contribution in [1.29, 1.82) is 0 Å². The maximum Gasteiger partial charge on any atom is 0.341 e. The molecule has 17 heteroatoms. The van der Waals surface area contributed by atoms with Crippen molar-refractivity contribution in [2.75, 3.05) is 0 Å². The molecule has 2 aliphatic heterocycles. The molecule has 0 aromatic rings. The topological polar surface area (TPSA) is 305 Å². The highest BCUT2D eigenvalue weighted by Gasteiger charge is 2.81. The van der Waals surface area contributed by atoms with E-state index in [0.717, 1.165) is 89.9 Å². The van der Waals surface area contributed by atoms with Gasteiger partial charge >= 0.3 is 53.7 Å². The zero-order chi connectivity index (χ0) is 67.7. The highest BCUT2D eigenvalue weighted by atomic mass is 16.6. The lowest BCUT2D eigenvalue weighted by atomic mass is 9.29. The fourth-order valence-electron chi connectivity index (χ4n) is 21.4. The van der Waals surface area contributed by atoms with Crippen molar-refractivity contribution >= 4 is 53.7 Å². The SMILES string of the molecule is C=C(CC(=O)O)C(=O)O.CC(C)C12C=C3CCC4C(C)(C(=O)O)CCCC4(C)C3(CC1)C1C(=O)OC(=O)C12C.CC(C)C1=CC2=C(CC1)C1(C)CCCC(C)(C(=O)O)C1CC2.CC(C)C1=CC2=CCC3C(C)(C(=O)O)CCCC3(C)C2CC1.CC1=CC(=O)OC1=O.O. The van der Waals surface area contributed by atoms with Crippen LogP contribution in [0.2, 0.25) is 0 Å². The number of carboxylic acids is 5. The predicted molar refractivity (Wildman–Crippen MR) is 347 cm³/mol. The summed E-state index contributed by atoms with van der Waals surface area (Å²) in [6.07, 6.45) is 30.0. The van der Waals surface area contributed by atoms with Gasteiger partial charge in [-0.25, -0.2) is 14.4 Å². The highest BCUT2D eigenvalue weighted by molar-refractivity contribution is 6.08. The Hall–Kier alpha value is -6.23. The molecule has 7 N–H and O–H groups in total. The molecule has 14 unspecified atom stereocenters. The number of esters is 4. The van der Waals surface area contributed by atoms with Gasteiger partial charge in [-0.05, 0) is 213 Å². The first-order valence-electron chi connectivity index (χ1n) is 33.8. The first-order chi connectivity index (χ1) is 42.2. The van der Waals surface area contributed by atoms with Crippen LogP contribution in [-0.2, 0) is 52.6 Å². The van der Waals surface area contributed by atoms with Gasteiger partial charge in [-0.1, -0.05) is 135 Å². The largest absolute Gasteiger partial charge is 0.481 e. The molecule has 1 spiro atoms. The zero-order valence-electron chi connectivity index (χ0n) is 57.3. The van der Waals surface area contributed by atoms with Gasteiger partial charge in [-0.2, -0.15) is 0 Å². The zero-order valence-corrected chi connectivity index (χ0v) is 57.3. The monoisotopic (exact) mass is 1280 g/mol. The van der Waals surface area contributed by atoms with E-state index >= 15 is 0 Å². The van der Waals surface area contributed by atoms with Crippen LogP contribution >= 0.6 is 0 Å². The molecule has 17 nitrogen and oxygen atoms in total. The lowest BCUT2D eigenvalue weighted by Crippen LogP contribution is -2.70. The number of cyclic esters (lactones) is 4. The third-order valence-electron chi connectivity index (χ3n) is 26.5. The summed E-state index contributed by atoms with van der Waals surface area (Å²) in [4.78, 5) is 103. The maximum absolute atomic E-state index is 13.4. The van der Waals surface area contributed by atoms with E-state index in [1.54, 1.807) is 22.3 Å². The fraction of sp³-hybridized carbons (Fsp3) is 0.693. The summed E-state index contributed by atoms with van der Waals surface area (Å²) in [7, 11) is 0.